The highest BCUT2D eigenvalue weighted by Gasteiger charge is 2.19. The van der Waals surface area contributed by atoms with Gasteiger partial charge in [-0.25, -0.2) is 4.79 Å². The van der Waals surface area contributed by atoms with E-state index in [1.807, 2.05) is 12.1 Å². The van der Waals surface area contributed by atoms with Crippen molar-refractivity contribution in [2.75, 3.05) is 6.61 Å². The molecule has 0 spiro atoms. The second-order valence-corrected chi connectivity index (χ2v) is 4.53. The average Bonchev–Trinajstić information content (AvgIpc) is 2.85. The molecule has 1 aliphatic heterocycles. The van der Waals surface area contributed by atoms with Crippen molar-refractivity contribution in [1.82, 2.24) is 10.6 Å². The minimum Gasteiger partial charge on any atom is -0.464 e. The Morgan fingerprint density at radius 2 is 2.11 bits per heavy atom. The van der Waals surface area contributed by atoms with E-state index in [1.165, 1.54) is 5.56 Å². The van der Waals surface area contributed by atoms with Gasteiger partial charge in [-0.15, -0.1) is 0 Å². The summed E-state index contributed by atoms with van der Waals surface area (Å²) < 4.78 is 4.85. The molecule has 1 aliphatic rings. The van der Waals surface area contributed by atoms with Gasteiger partial charge in [0.2, 0.25) is 0 Å². The van der Waals surface area contributed by atoms with Gasteiger partial charge in [-0.1, -0.05) is 6.07 Å². The van der Waals surface area contributed by atoms with E-state index in [0.29, 0.717) is 12.2 Å². The van der Waals surface area contributed by atoms with E-state index >= 15 is 0 Å². The van der Waals surface area contributed by atoms with Crippen LogP contribution in [0.25, 0.3) is 0 Å². The molecule has 1 amide bonds. The van der Waals surface area contributed by atoms with Crippen LogP contribution < -0.4 is 10.6 Å². The number of esters is 1. The van der Waals surface area contributed by atoms with Crippen molar-refractivity contribution in [3.05, 3.63) is 34.9 Å². The quantitative estimate of drug-likeness (QED) is 0.793. The highest BCUT2D eigenvalue weighted by atomic mass is 16.5. The Bertz CT molecular complexity index is 499. The van der Waals surface area contributed by atoms with Crippen molar-refractivity contribution in [2.24, 2.45) is 0 Å². The Morgan fingerprint density at radius 3 is 2.84 bits per heavy atom. The number of amides is 1. The molecule has 0 aliphatic carbocycles. The first-order valence-corrected chi connectivity index (χ1v) is 6.42. The first-order chi connectivity index (χ1) is 9.11. The molecule has 0 saturated carbocycles. The summed E-state index contributed by atoms with van der Waals surface area (Å²) in [6.45, 7) is 5.29. The summed E-state index contributed by atoms with van der Waals surface area (Å²) in [5, 5.41) is 5.86. The molecule has 1 aromatic carbocycles. The predicted octanol–water partition coefficient (Wildman–Crippen LogP) is 0.971. The molecule has 5 nitrogen and oxygen atoms in total. The molecular formula is C14H18N2O3. The zero-order chi connectivity index (χ0) is 13.8. The Labute approximate surface area is 112 Å². The molecule has 0 radical (unpaired) electrons. The van der Waals surface area contributed by atoms with Gasteiger partial charge in [0.15, 0.2) is 0 Å². The third kappa shape index (κ3) is 3.12. The fourth-order valence-electron chi connectivity index (χ4n) is 2.04. The summed E-state index contributed by atoms with van der Waals surface area (Å²) >= 11 is 0. The van der Waals surface area contributed by atoms with Gasteiger partial charge in [-0.05, 0) is 37.1 Å². The van der Waals surface area contributed by atoms with Crippen LogP contribution >= 0.6 is 0 Å². The van der Waals surface area contributed by atoms with E-state index in [2.05, 4.69) is 10.6 Å². The summed E-state index contributed by atoms with van der Waals surface area (Å²) in [4.78, 5) is 23.5. The third-order valence-electron chi connectivity index (χ3n) is 3.09. The highest BCUT2D eigenvalue weighted by molar-refractivity contribution is 5.96. The standard InChI is InChI=1S/C14H18N2O3/c1-3-19-14(18)9(2)16-13(17)10-4-5-11-7-15-8-12(11)6-10/h4-6,9,15H,3,7-8H2,1-2H3,(H,16,17). The first-order valence-electron chi connectivity index (χ1n) is 6.42. The second kappa shape index (κ2) is 5.84. The summed E-state index contributed by atoms with van der Waals surface area (Å²) in [5.41, 5.74) is 2.92. The van der Waals surface area contributed by atoms with Gasteiger partial charge in [0.1, 0.15) is 6.04 Å². The van der Waals surface area contributed by atoms with E-state index in [9.17, 15) is 9.59 Å². The molecule has 1 atom stereocenters. The Hall–Kier alpha value is -1.88. The van der Waals surface area contributed by atoms with Crippen LogP contribution in [0.2, 0.25) is 0 Å². The fourth-order valence-corrected chi connectivity index (χ4v) is 2.04. The van der Waals surface area contributed by atoms with Gasteiger partial charge in [-0.2, -0.15) is 0 Å². The summed E-state index contributed by atoms with van der Waals surface area (Å²) in [5.74, 6) is -0.672. The van der Waals surface area contributed by atoms with E-state index in [0.717, 1.165) is 18.7 Å². The number of fused-ring (bicyclic) bond motifs is 1. The molecule has 102 valence electrons. The van der Waals surface area contributed by atoms with Gasteiger partial charge in [-0.3, -0.25) is 4.79 Å². The van der Waals surface area contributed by atoms with Crippen molar-refractivity contribution in [3.8, 4) is 0 Å². The number of hydrogen-bond donors (Lipinski definition) is 2. The predicted molar refractivity (Wildman–Crippen MR) is 70.5 cm³/mol. The molecule has 0 bridgehead atoms. The molecule has 0 fully saturated rings. The monoisotopic (exact) mass is 262 g/mol. The number of benzene rings is 1. The van der Waals surface area contributed by atoms with Crippen molar-refractivity contribution in [2.45, 2.75) is 33.0 Å². The molecule has 1 heterocycles. The Morgan fingerprint density at radius 1 is 1.37 bits per heavy atom. The topological polar surface area (TPSA) is 67.4 Å². The molecular weight excluding hydrogens is 244 g/mol. The van der Waals surface area contributed by atoms with Crippen molar-refractivity contribution in [3.63, 3.8) is 0 Å². The van der Waals surface area contributed by atoms with E-state index in [-0.39, 0.29) is 5.91 Å². The highest BCUT2D eigenvalue weighted by Crippen LogP contribution is 2.17. The van der Waals surface area contributed by atoms with E-state index in [1.54, 1.807) is 19.9 Å². The van der Waals surface area contributed by atoms with Crippen molar-refractivity contribution in [1.29, 1.82) is 0 Å². The molecule has 5 heteroatoms. The van der Waals surface area contributed by atoms with Crippen molar-refractivity contribution < 1.29 is 14.3 Å². The average molecular weight is 262 g/mol. The van der Waals surface area contributed by atoms with Gasteiger partial charge in [0.05, 0.1) is 6.61 Å². The number of nitrogens with one attached hydrogen (secondary N) is 2. The number of ether oxygens (including phenoxy) is 1. The Balaban J connectivity index is 2.02. The number of carbonyl (C=O) groups excluding carboxylic acids is 2. The van der Waals surface area contributed by atoms with Crippen LogP contribution in [-0.2, 0) is 22.6 Å². The lowest BCUT2D eigenvalue weighted by Crippen LogP contribution is -2.39. The number of carbonyl (C=O) groups is 2. The lowest BCUT2D eigenvalue weighted by atomic mass is 10.1. The van der Waals surface area contributed by atoms with E-state index < -0.39 is 12.0 Å². The van der Waals surface area contributed by atoms with Gasteiger partial charge in [0.25, 0.3) is 5.91 Å². The lowest BCUT2D eigenvalue weighted by molar-refractivity contribution is -0.144. The summed E-state index contributed by atoms with van der Waals surface area (Å²) in [6, 6.07) is 4.94. The SMILES string of the molecule is CCOC(=O)C(C)NC(=O)c1ccc2c(c1)CNC2. The maximum Gasteiger partial charge on any atom is 0.328 e. The van der Waals surface area contributed by atoms with Crippen LogP contribution in [0.3, 0.4) is 0 Å². The molecule has 1 unspecified atom stereocenters. The van der Waals surface area contributed by atoms with Gasteiger partial charge >= 0.3 is 5.97 Å². The van der Waals surface area contributed by atoms with Crippen LogP contribution in [0.1, 0.15) is 35.3 Å². The maximum absolute atomic E-state index is 12.0. The molecule has 0 saturated heterocycles. The smallest absolute Gasteiger partial charge is 0.328 e. The van der Waals surface area contributed by atoms with Crippen LogP contribution in [-0.4, -0.2) is 24.5 Å². The fraction of sp³-hybridized carbons (Fsp3) is 0.429. The van der Waals surface area contributed by atoms with Crippen LogP contribution in [0, 0.1) is 0 Å². The van der Waals surface area contributed by atoms with Gasteiger partial charge in [0, 0.05) is 18.7 Å². The third-order valence-corrected chi connectivity index (χ3v) is 3.09. The minimum atomic E-state index is -0.640. The summed E-state index contributed by atoms with van der Waals surface area (Å²) in [7, 11) is 0. The Kier molecular flexibility index (Phi) is 4.16. The molecule has 0 aromatic heterocycles. The maximum atomic E-state index is 12.0. The number of hydrogen-bond acceptors (Lipinski definition) is 4. The second-order valence-electron chi connectivity index (χ2n) is 4.53. The normalized spacial score (nSPS) is 14.6. The molecule has 19 heavy (non-hydrogen) atoms. The van der Waals surface area contributed by atoms with Crippen molar-refractivity contribution >= 4 is 11.9 Å². The molecule has 2 rings (SSSR count). The molecule has 1 aromatic rings. The molecule has 2 N–H and O–H groups in total. The first kappa shape index (κ1) is 13.5. The zero-order valence-electron chi connectivity index (χ0n) is 11.2. The largest absolute Gasteiger partial charge is 0.464 e. The number of rotatable bonds is 4. The zero-order valence-corrected chi connectivity index (χ0v) is 11.2. The van der Waals surface area contributed by atoms with Crippen LogP contribution in [0.15, 0.2) is 18.2 Å². The van der Waals surface area contributed by atoms with Crippen LogP contribution in [0.5, 0.6) is 0 Å². The van der Waals surface area contributed by atoms with Gasteiger partial charge < -0.3 is 15.4 Å². The van der Waals surface area contributed by atoms with Crippen LogP contribution in [0.4, 0.5) is 0 Å². The van der Waals surface area contributed by atoms with E-state index in [4.69, 9.17) is 4.74 Å². The minimum absolute atomic E-state index is 0.254. The summed E-state index contributed by atoms with van der Waals surface area (Å²) in [6.07, 6.45) is 0. The lowest BCUT2D eigenvalue weighted by Gasteiger charge is -2.13.